The Hall–Kier alpha value is -1.64. The summed E-state index contributed by atoms with van der Waals surface area (Å²) in [7, 11) is 1.37. The lowest BCUT2D eigenvalue weighted by molar-refractivity contribution is 0.0600. The highest BCUT2D eigenvalue weighted by molar-refractivity contribution is 5.89. The summed E-state index contributed by atoms with van der Waals surface area (Å²) in [4.78, 5) is 15.3. The molecule has 0 amide bonds. The molecule has 0 saturated heterocycles. The maximum atomic E-state index is 11.1. The molecule has 1 heterocycles. The van der Waals surface area contributed by atoms with E-state index in [1.807, 2.05) is 12.2 Å². The summed E-state index contributed by atoms with van der Waals surface area (Å²) in [5, 5.41) is 0. The zero-order chi connectivity index (χ0) is 9.26. The summed E-state index contributed by atoms with van der Waals surface area (Å²) < 4.78 is 4.59. The molecule has 0 radical (unpaired) electrons. The number of nitrogens with zero attached hydrogens (tertiary/aromatic N) is 1. The zero-order valence-corrected chi connectivity index (χ0v) is 7.28. The van der Waals surface area contributed by atoms with E-state index in [1.54, 1.807) is 12.3 Å². The van der Waals surface area contributed by atoms with Crippen LogP contribution in [0.1, 0.15) is 21.6 Å². The molecule has 0 spiro atoms. The van der Waals surface area contributed by atoms with E-state index < -0.39 is 0 Å². The van der Waals surface area contributed by atoms with Crippen molar-refractivity contribution in [3.63, 3.8) is 0 Å². The molecule has 0 aliphatic heterocycles. The van der Waals surface area contributed by atoms with Crippen LogP contribution >= 0.6 is 0 Å². The van der Waals surface area contributed by atoms with Crippen LogP contribution < -0.4 is 0 Å². The van der Waals surface area contributed by atoms with Gasteiger partial charge < -0.3 is 4.74 Å². The molecule has 13 heavy (non-hydrogen) atoms. The molecule has 2 rings (SSSR count). The fourth-order valence-corrected chi connectivity index (χ4v) is 1.35. The first-order chi connectivity index (χ1) is 6.31. The zero-order valence-electron chi connectivity index (χ0n) is 7.28. The van der Waals surface area contributed by atoms with Gasteiger partial charge in [-0.3, -0.25) is 4.98 Å². The predicted octanol–water partition coefficient (Wildman–Crippen LogP) is 1.44. The Morgan fingerprint density at radius 2 is 2.46 bits per heavy atom. The van der Waals surface area contributed by atoms with Gasteiger partial charge in [0.15, 0.2) is 0 Å². The van der Waals surface area contributed by atoms with Crippen LogP contribution in [0.25, 0.3) is 6.08 Å². The molecule has 1 aliphatic rings. The number of carbonyl (C=O) groups excluding carboxylic acids is 1. The quantitative estimate of drug-likeness (QED) is 0.606. The number of esters is 1. The minimum Gasteiger partial charge on any atom is -0.465 e. The van der Waals surface area contributed by atoms with Gasteiger partial charge in [-0.2, -0.15) is 0 Å². The molecule has 1 aromatic heterocycles. The molecule has 1 aromatic rings. The van der Waals surface area contributed by atoms with Gasteiger partial charge in [0.05, 0.1) is 18.4 Å². The van der Waals surface area contributed by atoms with E-state index in [0.29, 0.717) is 5.56 Å². The number of aromatic nitrogens is 1. The first-order valence-corrected chi connectivity index (χ1v) is 4.05. The van der Waals surface area contributed by atoms with Gasteiger partial charge in [0.25, 0.3) is 0 Å². The molecule has 0 atom stereocenters. The monoisotopic (exact) mass is 175 g/mol. The molecular formula is C10H9NO2. The van der Waals surface area contributed by atoms with Crippen LogP contribution in [0.3, 0.4) is 0 Å². The lowest BCUT2D eigenvalue weighted by Gasteiger charge is -2.01. The minimum absolute atomic E-state index is 0.337. The highest BCUT2D eigenvalue weighted by Crippen LogP contribution is 2.18. The lowest BCUT2D eigenvalue weighted by atomic mass is 10.2. The van der Waals surface area contributed by atoms with Gasteiger partial charge in [-0.05, 0) is 11.6 Å². The third-order valence-corrected chi connectivity index (χ3v) is 2.03. The third-order valence-electron chi connectivity index (χ3n) is 2.03. The van der Waals surface area contributed by atoms with E-state index in [0.717, 1.165) is 17.7 Å². The van der Waals surface area contributed by atoms with Crippen molar-refractivity contribution in [3.8, 4) is 0 Å². The molecule has 0 bridgehead atoms. The summed E-state index contributed by atoms with van der Waals surface area (Å²) in [6.45, 7) is 0. The van der Waals surface area contributed by atoms with Crippen LogP contribution in [0, 0.1) is 0 Å². The molecule has 3 heteroatoms. The average Bonchev–Trinajstić information content (AvgIpc) is 2.63. The summed E-state index contributed by atoms with van der Waals surface area (Å²) in [5.74, 6) is -0.337. The van der Waals surface area contributed by atoms with Gasteiger partial charge >= 0.3 is 5.97 Å². The normalized spacial score (nSPS) is 12.7. The van der Waals surface area contributed by atoms with Gasteiger partial charge in [0, 0.05) is 12.6 Å². The number of hydrogen-bond acceptors (Lipinski definition) is 3. The fourth-order valence-electron chi connectivity index (χ4n) is 1.35. The number of ether oxygens (including phenoxy) is 1. The van der Waals surface area contributed by atoms with Crippen molar-refractivity contribution in [2.45, 2.75) is 6.42 Å². The summed E-state index contributed by atoms with van der Waals surface area (Å²) in [5.41, 5.74) is 2.54. The van der Waals surface area contributed by atoms with Crippen molar-refractivity contribution in [1.82, 2.24) is 4.98 Å². The van der Waals surface area contributed by atoms with Crippen LogP contribution in [0.5, 0.6) is 0 Å². The van der Waals surface area contributed by atoms with Crippen molar-refractivity contribution in [2.75, 3.05) is 7.11 Å². The van der Waals surface area contributed by atoms with Gasteiger partial charge in [0.2, 0.25) is 0 Å². The average molecular weight is 175 g/mol. The molecular weight excluding hydrogens is 166 g/mol. The number of rotatable bonds is 1. The second-order valence-electron chi connectivity index (χ2n) is 2.86. The third kappa shape index (κ3) is 1.33. The largest absolute Gasteiger partial charge is 0.465 e. The first-order valence-electron chi connectivity index (χ1n) is 4.05. The van der Waals surface area contributed by atoms with Crippen molar-refractivity contribution in [2.24, 2.45) is 0 Å². The second kappa shape index (κ2) is 3.01. The Morgan fingerprint density at radius 3 is 3.23 bits per heavy atom. The van der Waals surface area contributed by atoms with Gasteiger partial charge in [-0.25, -0.2) is 4.79 Å². The number of fused-ring (bicyclic) bond motifs is 1. The topological polar surface area (TPSA) is 39.2 Å². The van der Waals surface area contributed by atoms with E-state index in [-0.39, 0.29) is 5.97 Å². The Balaban J connectivity index is 2.40. The van der Waals surface area contributed by atoms with Crippen LogP contribution in [-0.4, -0.2) is 18.1 Å². The Morgan fingerprint density at radius 1 is 1.62 bits per heavy atom. The standard InChI is InChI=1S/C10H9NO2/c1-13-10(12)8-5-7-3-2-4-9(7)11-6-8/h2-3,5-6H,4H2,1H3. The van der Waals surface area contributed by atoms with E-state index >= 15 is 0 Å². The predicted molar refractivity (Wildman–Crippen MR) is 48.3 cm³/mol. The number of methoxy groups -OCH3 is 1. The highest BCUT2D eigenvalue weighted by Gasteiger charge is 2.11. The van der Waals surface area contributed by atoms with Crippen LogP contribution in [0.4, 0.5) is 0 Å². The first kappa shape index (κ1) is 7.98. The van der Waals surface area contributed by atoms with Crippen molar-refractivity contribution < 1.29 is 9.53 Å². The van der Waals surface area contributed by atoms with Crippen molar-refractivity contribution in [3.05, 3.63) is 35.2 Å². The number of pyridine rings is 1. The molecule has 0 saturated carbocycles. The highest BCUT2D eigenvalue weighted by atomic mass is 16.5. The Labute approximate surface area is 76.1 Å². The van der Waals surface area contributed by atoms with E-state index in [9.17, 15) is 4.79 Å². The molecule has 1 aliphatic carbocycles. The lowest BCUT2D eigenvalue weighted by Crippen LogP contribution is -2.03. The molecule has 66 valence electrons. The maximum Gasteiger partial charge on any atom is 0.339 e. The SMILES string of the molecule is COC(=O)c1cnc2c(c1)C=CC2. The number of carbonyl (C=O) groups is 1. The van der Waals surface area contributed by atoms with E-state index in [1.165, 1.54) is 7.11 Å². The molecule has 0 unspecified atom stereocenters. The maximum absolute atomic E-state index is 11.1. The van der Waals surface area contributed by atoms with Crippen molar-refractivity contribution >= 4 is 12.0 Å². The minimum atomic E-state index is -0.337. The van der Waals surface area contributed by atoms with Crippen LogP contribution in [-0.2, 0) is 11.2 Å². The Bertz CT molecular complexity index is 383. The summed E-state index contributed by atoms with van der Waals surface area (Å²) in [6.07, 6.45) is 6.40. The van der Waals surface area contributed by atoms with Crippen LogP contribution in [0.2, 0.25) is 0 Å². The van der Waals surface area contributed by atoms with Gasteiger partial charge in [0.1, 0.15) is 0 Å². The molecule has 0 fully saturated rings. The number of hydrogen-bond donors (Lipinski definition) is 0. The Kier molecular flexibility index (Phi) is 1.85. The second-order valence-corrected chi connectivity index (χ2v) is 2.86. The smallest absolute Gasteiger partial charge is 0.339 e. The number of allylic oxidation sites excluding steroid dienone is 1. The summed E-state index contributed by atoms with van der Waals surface area (Å²) >= 11 is 0. The van der Waals surface area contributed by atoms with E-state index in [4.69, 9.17) is 0 Å². The van der Waals surface area contributed by atoms with E-state index in [2.05, 4.69) is 9.72 Å². The fraction of sp³-hybridized carbons (Fsp3) is 0.200. The molecule has 0 aromatic carbocycles. The van der Waals surface area contributed by atoms with Gasteiger partial charge in [-0.1, -0.05) is 12.2 Å². The van der Waals surface area contributed by atoms with Gasteiger partial charge in [-0.15, -0.1) is 0 Å². The molecule has 3 nitrogen and oxygen atoms in total. The van der Waals surface area contributed by atoms with Crippen LogP contribution in [0.15, 0.2) is 18.3 Å². The molecule has 0 N–H and O–H groups in total. The summed E-state index contributed by atoms with van der Waals surface area (Å²) in [6, 6.07) is 1.80. The van der Waals surface area contributed by atoms with Crippen molar-refractivity contribution in [1.29, 1.82) is 0 Å².